The lowest BCUT2D eigenvalue weighted by Crippen LogP contribution is -2.11. The SMILES string of the molecule is O[P+]1(O)Oc2c(-c3cc(C(F)(F)F)cc(C(F)(F)F)c3)cc3ccccc3c2-c2c(c(-c3cc(C(F)(F)F)cc(C(F)(F)F)c3)cc3ccccc23)O1. The molecule has 0 saturated heterocycles. The molecule has 0 radical (unpaired) electrons. The maximum absolute atomic E-state index is 14.0. The fraction of sp³-hybridized carbons (Fsp3) is 0.111. The van der Waals surface area contributed by atoms with E-state index in [9.17, 15) is 62.5 Å². The van der Waals surface area contributed by atoms with Crippen LogP contribution in [-0.2, 0) is 24.7 Å². The molecule has 6 aromatic rings. The summed E-state index contributed by atoms with van der Waals surface area (Å²) >= 11 is 0. The molecule has 6 aromatic carbocycles. The summed E-state index contributed by atoms with van der Waals surface area (Å²) in [6.45, 7) is 0. The normalized spacial score (nSPS) is 14.7. The van der Waals surface area contributed by atoms with Crippen molar-refractivity contribution in [1.29, 1.82) is 0 Å². The van der Waals surface area contributed by atoms with Crippen LogP contribution in [0.1, 0.15) is 22.3 Å². The molecule has 0 saturated carbocycles. The second-order valence-electron chi connectivity index (χ2n) is 12.0. The number of rotatable bonds is 2. The molecule has 17 heteroatoms. The summed E-state index contributed by atoms with van der Waals surface area (Å²) in [6.07, 6.45) is -21.1. The summed E-state index contributed by atoms with van der Waals surface area (Å²) in [5.41, 5.74) is -9.74. The molecule has 7 rings (SSSR count). The van der Waals surface area contributed by atoms with Crippen LogP contribution >= 0.6 is 8.17 Å². The summed E-state index contributed by atoms with van der Waals surface area (Å²) < 4.78 is 179. The molecule has 0 fully saturated rings. The van der Waals surface area contributed by atoms with Crippen LogP contribution in [0.3, 0.4) is 0 Å². The van der Waals surface area contributed by atoms with Crippen molar-refractivity contribution in [1.82, 2.24) is 0 Å². The number of hydrogen-bond acceptors (Lipinski definition) is 4. The summed E-state index contributed by atoms with van der Waals surface area (Å²) in [7, 11) is -5.36. The molecule has 0 aromatic heterocycles. The average molecular weight is 773 g/mol. The molecule has 274 valence electrons. The van der Waals surface area contributed by atoms with Gasteiger partial charge in [-0.1, -0.05) is 48.5 Å². The molecule has 0 unspecified atom stereocenters. The van der Waals surface area contributed by atoms with Gasteiger partial charge in [0.1, 0.15) is 0 Å². The Morgan fingerprint density at radius 2 is 0.717 bits per heavy atom. The average Bonchev–Trinajstić information content (AvgIpc) is 3.18. The minimum absolute atomic E-state index is 0.109. The monoisotopic (exact) mass is 773 g/mol. The molecule has 53 heavy (non-hydrogen) atoms. The Labute approximate surface area is 290 Å². The van der Waals surface area contributed by atoms with Gasteiger partial charge in [0.2, 0.25) is 11.5 Å². The second kappa shape index (κ2) is 12.0. The van der Waals surface area contributed by atoms with E-state index in [1.54, 1.807) is 0 Å². The molecule has 0 spiro atoms. The Morgan fingerprint density at radius 3 is 1.02 bits per heavy atom. The Balaban J connectivity index is 1.67. The van der Waals surface area contributed by atoms with Crippen molar-refractivity contribution in [3.05, 3.63) is 119 Å². The van der Waals surface area contributed by atoms with Gasteiger partial charge in [0, 0.05) is 22.3 Å². The lowest BCUT2D eigenvalue weighted by atomic mass is 9.85. The van der Waals surface area contributed by atoms with Gasteiger partial charge in [0.25, 0.3) is 0 Å². The maximum Gasteiger partial charge on any atom is 0.664 e. The Kier molecular flexibility index (Phi) is 8.21. The number of halogens is 12. The zero-order chi connectivity index (χ0) is 38.5. The van der Waals surface area contributed by atoms with E-state index in [0.717, 1.165) is 12.1 Å². The standard InChI is InChI=1S/C36H18F12O4P/c37-33(38,39)21-9-19(10-22(15-21)34(40,41)42)27-13-17-5-1-3-7-25(17)29-30-26-8-4-2-6-18(26)14-28(32(30)52-53(49,50)51-31(27)29)20-11-23(35(43,44)45)16-24(12-20)36(46,47)48/h1-16,49-50H/q+1. The molecule has 2 N–H and O–H groups in total. The van der Waals surface area contributed by atoms with Gasteiger partial charge in [-0.15, -0.1) is 0 Å². The summed E-state index contributed by atoms with van der Waals surface area (Å²) in [4.78, 5) is 22.3. The zero-order valence-electron chi connectivity index (χ0n) is 25.9. The topological polar surface area (TPSA) is 58.9 Å². The molecule has 1 aliphatic rings. The number of benzene rings is 6. The van der Waals surface area contributed by atoms with E-state index in [4.69, 9.17) is 9.05 Å². The highest BCUT2D eigenvalue weighted by atomic mass is 31.2. The molecule has 4 nitrogen and oxygen atoms in total. The summed E-state index contributed by atoms with van der Waals surface area (Å²) in [5.74, 6) is -1.37. The maximum atomic E-state index is 14.0. The van der Waals surface area contributed by atoms with Crippen molar-refractivity contribution in [2.45, 2.75) is 24.7 Å². The van der Waals surface area contributed by atoms with Crippen LogP contribution in [0.25, 0.3) is 54.9 Å². The Morgan fingerprint density at radius 1 is 0.415 bits per heavy atom. The first-order valence-corrected chi connectivity index (χ1v) is 16.5. The van der Waals surface area contributed by atoms with Gasteiger partial charge < -0.3 is 0 Å². The first-order valence-electron chi connectivity index (χ1n) is 15.0. The van der Waals surface area contributed by atoms with Gasteiger partial charge in [0.15, 0.2) is 0 Å². The lowest BCUT2D eigenvalue weighted by Gasteiger charge is -2.19. The van der Waals surface area contributed by atoms with E-state index < -0.39 is 88.9 Å². The largest absolute Gasteiger partial charge is 0.664 e. The summed E-state index contributed by atoms with van der Waals surface area (Å²) in [6, 6.07) is 15.3. The molecule has 1 aliphatic heterocycles. The smallest absolute Gasteiger partial charge is 0.253 e. The predicted molar refractivity (Wildman–Crippen MR) is 170 cm³/mol. The van der Waals surface area contributed by atoms with Crippen molar-refractivity contribution >= 4 is 29.7 Å². The molecule has 0 atom stereocenters. The number of fused-ring (bicyclic) bond motifs is 7. The van der Waals surface area contributed by atoms with E-state index in [1.807, 2.05) is 0 Å². The van der Waals surface area contributed by atoms with Gasteiger partial charge in [-0.3, -0.25) is 9.05 Å². The number of alkyl halides is 12. The molecule has 0 aliphatic carbocycles. The quantitative estimate of drug-likeness (QED) is 0.136. The zero-order valence-corrected chi connectivity index (χ0v) is 26.8. The van der Waals surface area contributed by atoms with Crippen molar-refractivity contribution in [3.8, 4) is 44.9 Å². The highest BCUT2D eigenvalue weighted by molar-refractivity contribution is 7.55. The molecule has 0 bridgehead atoms. The third-order valence-electron chi connectivity index (χ3n) is 8.47. The van der Waals surface area contributed by atoms with Crippen LogP contribution in [0.4, 0.5) is 52.7 Å². The fourth-order valence-corrected chi connectivity index (χ4v) is 7.14. The summed E-state index contributed by atoms with van der Waals surface area (Å²) in [5, 5.41) is 0.611. The Hall–Kier alpha value is -5.05. The highest BCUT2D eigenvalue weighted by Crippen LogP contribution is 2.65. The van der Waals surface area contributed by atoms with Crippen molar-refractivity contribution < 1.29 is 71.5 Å². The van der Waals surface area contributed by atoms with E-state index in [-0.39, 0.29) is 44.8 Å². The van der Waals surface area contributed by atoms with Crippen LogP contribution in [0, 0.1) is 0 Å². The third kappa shape index (κ3) is 6.70. The van der Waals surface area contributed by atoms with Crippen molar-refractivity contribution in [2.75, 3.05) is 0 Å². The van der Waals surface area contributed by atoms with Crippen LogP contribution in [0.5, 0.6) is 11.5 Å². The van der Waals surface area contributed by atoms with Gasteiger partial charge in [-0.25, -0.2) is 0 Å². The van der Waals surface area contributed by atoms with Crippen LogP contribution in [-0.4, -0.2) is 9.79 Å². The van der Waals surface area contributed by atoms with Crippen molar-refractivity contribution in [3.63, 3.8) is 0 Å². The first-order chi connectivity index (χ1) is 24.5. The van der Waals surface area contributed by atoms with E-state index in [2.05, 4.69) is 0 Å². The molecular formula is C36H18F12O4P+. The second-order valence-corrected chi connectivity index (χ2v) is 13.3. The highest BCUT2D eigenvalue weighted by Gasteiger charge is 2.50. The van der Waals surface area contributed by atoms with Crippen LogP contribution < -0.4 is 9.05 Å². The van der Waals surface area contributed by atoms with Gasteiger partial charge >= 0.3 is 32.9 Å². The first kappa shape index (κ1) is 36.3. The van der Waals surface area contributed by atoms with Crippen molar-refractivity contribution in [2.24, 2.45) is 0 Å². The molecule has 1 heterocycles. The van der Waals surface area contributed by atoms with E-state index >= 15 is 0 Å². The predicted octanol–water partition coefficient (Wildman–Crippen LogP) is 12.5. The fourth-order valence-electron chi connectivity index (χ4n) is 6.25. The molecule has 0 amide bonds. The number of hydrogen-bond donors (Lipinski definition) is 2. The van der Waals surface area contributed by atoms with Gasteiger partial charge in [-0.2, -0.15) is 62.5 Å². The van der Waals surface area contributed by atoms with Gasteiger partial charge in [0.05, 0.1) is 22.3 Å². The third-order valence-corrected chi connectivity index (χ3v) is 9.31. The minimum Gasteiger partial charge on any atom is -0.253 e. The van der Waals surface area contributed by atoms with E-state index in [0.29, 0.717) is 24.3 Å². The lowest BCUT2D eigenvalue weighted by molar-refractivity contribution is -0.144. The van der Waals surface area contributed by atoms with Crippen LogP contribution in [0.2, 0.25) is 0 Å². The van der Waals surface area contributed by atoms with Crippen LogP contribution in [0.15, 0.2) is 97.1 Å². The Bertz CT molecular complexity index is 2220. The van der Waals surface area contributed by atoms with Gasteiger partial charge in [-0.05, 0) is 81.2 Å². The molecular weight excluding hydrogens is 755 g/mol. The van der Waals surface area contributed by atoms with E-state index in [1.165, 1.54) is 48.5 Å². The minimum atomic E-state index is -5.36.